The molecule has 2 heterocycles. The van der Waals surface area contributed by atoms with Crippen molar-refractivity contribution in [2.24, 2.45) is 11.8 Å². The Morgan fingerprint density at radius 1 is 1.55 bits per heavy atom. The second kappa shape index (κ2) is 6.83. The second-order valence-electron chi connectivity index (χ2n) is 6.01. The molecule has 0 aliphatic carbocycles. The quantitative estimate of drug-likeness (QED) is 0.888. The summed E-state index contributed by atoms with van der Waals surface area (Å²) in [7, 11) is 0. The normalized spacial score (nSPS) is 24.9. The zero-order chi connectivity index (χ0) is 14.5. The molecule has 2 bridgehead atoms. The van der Waals surface area contributed by atoms with Crippen molar-refractivity contribution in [3.63, 3.8) is 0 Å². The third kappa shape index (κ3) is 4.30. The predicted octanol–water partition coefficient (Wildman–Crippen LogP) is 1.37. The highest BCUT2D eigenvalue weighted by molar-refractivity contribution is 5.78. The van der Waals surface area contributed by atoms with Crippen LogP contribution in [0.4, 0.5) is 0 Å². The fraction of sp³-hybridized carbons (Fsp3) is 0.786. The number of rotatable bonds is 2. The lowest BCUT2D eigenvalue weighted by atomic mass is 10.0. The van der Waals surface area contributed by atoms with Crippen molar-refractivity contribution in [1.82, 2.24) is 20.3 Å². The van der Waals surface area contributed by atoms with Crippen LogP contribution >= 0.6 is 0 Å². The van der Waals surface area contributed by atoms with E-state index in [-0.39, 0.29) is 17.9 Å². The van der Waals surface area contributed by atoms with Crippen LogP contribution < -0.4 is 5.32 Å². The van der Waals surface area contributed by atoms with Crippen LogP contribution in [0.5, 0.6) is 0 Å². The van der Waals surface area contributed by atoms with Crippen LogP contribution in [-0.4, -0.2) is 33.5 Å². The lowest BCUT2D eigenvalue weighted by Gasteiger charge is -2.23. The molecule has 0 radical (unpaired) electrons. The average Bonchev–Trinajstić information content (AvgIpc) is 2.82. The third-order valence-corrected chi connectivity index (χ3v) is 3.50. The first-order chi connectivity index (χ1) is 9.54. The van der Waals surface area contributed by atoms with Crippen LogP contribution in [0, 0.1) is 11.8 Å². The van der Waals surface area contributed by atoms with Crippen LogP contribution in [0.15, 0.2) is 6.20 Å². The van der Waals surface area contributed by atoms with Gasteiger partial charge < -0.3 is 10.1 Å². The highest BCUT2D eigenvalue weighted by Crippen LogP contribution is 2.11. The Hall–Kier alpha value is -1.43. The maximum Gasteiger partial charge on any atom is 0.223 e. The average molecular weight is 280 g/mol. The van der Waals surface area contributed by atoms with Crippen molar-refractivity contribution in [2.75, 3.05) is 6.61 Å². The SMILES string of the molecule is CC(C)C[C@H]1COCc2cn(nn2)CC[C@@H](C)C(=O)N1. The molecule has 0 fully saturated rings. The summed E-state index contributed by atoms with van der Waals surface area (Å²) in [6.45, 7) is 7.92. The van der Waals surface area contributed by atoms with Crippen molar-refractivity contribution >= 4 is 5.91 Å². The molecular formula is C14H24N4O2. The standard InChI is InChI=1S/C14H24N4O2/c1-10(2)6-12-8-20-9-13-7-18(17-16-13)5-4-11(3)14(19)15-12/h7,10-12H,4-6,8-9H2,1-3H3,(H,15,19)/t11-,12+/m1/s1. The molecule has 20 heavy (non-hydrogen) atoms. The Morgan fingerprint density at radius 2 is 2.35 bits per heavy atom. The Morgan fingerprint density at radius 3 is 3.10 bits per heavy atom. The molecule has 0 saturated heterocycles. The van der Waals surface area contributed by atoms with Crippen molar-refractivity contribution in [1.29, 1.82) is 0 Å². The van der Waals surface area contributed by atoms with Gasteiger partial charge in [-0.2, -0.15) is 0 Å². The van der Waals surface area contributed by atoms with E-state index in [0.717, 1.165) is 18.5 Å². The van der Waals surface area contributed by atoms with Crippen molar-refractivity contribution in [2.45, 2.75) is 52.8 Å². The number of fused-ring (bicyclic) bond motifs is 2. The number of carbonyl (C=O) groups excluding carboxylic acids is 1. The van der Waals surface area contributed by atoms with Crippen LogP contribution in [0.25, 0.3) is 0 Å². The number of carbonyl (C=O) groups is 1. The number of hydrogen-bond donors (Lipinski definition) is 1. The van der Waals surface area contributed by atoms with E-state index >= 15 is 0 Å². The van der Waals surface area contributed by atoms with Gasteiger partial charge in [-0.05, 0) is 18.8 Å². The largest absolute Gasteiger partial charge is 0.373 e. The Kier molecular flexibility index (Phi) is 5.11. The predicted molar refractivity (Wildman–Crippen MR) is 74.8 cm³/mol. The van der Waals surface area contributed by atoms with E-state index in [1.165, 1.54) is 0 Å². The molecule has 112 valence electrons. The van der Waals surface area contributed by atoms with E-state index in [2.05, 4.69) is 29.5 Å². The molecule has 1 N–H and O–H groups in total. The van der Waals surface area contributed by atoms with Crippen LogP contribution in [0.3, 0.4) is 0 Å². The van der Waals surface area contributed by atoms with Crippen LogP contribution in [0.2, 0.25) is 0 Å². The topological polar surface area (TPSA) is 69.0 Å². The van der Waals surface area contributed by atoms with E-state index in [4.69, 9.17) is 4.74 Å². The van der Waals surface area contributed by atoms with Crippen molar-refractivity contribution < 1.29 is 9.53 Å². The first-order valence-corrected chi connectivity index (χ1v) is 7.31. The smallest absolute Gasteiger partial charge is 0.223 e. The van der Waals surface area contributed by atoms with E-state index < -0.39 is 0 Å². The molecule has 1 aromatic heterocycles. The van der Waals surface area contributed by atoms with Gasteiger partial charge in [0, 0.05) is 12.5 Å². The molecule has 6 heteroatoms. The minimum absolute atomic E-state index is 0.0308. The minimum Gasteiger partial charge on any atom is -0.373 e. The molecule has 0 saturated carbocycles. The van der Waals surface area contributed by atoms with Gasteiger partial charge >= 0.3 is 0 Å². The molecule has 0 spiro atoms. The molecular weight excluding hydrogens is 256 g/mol. The Balaban J connectivity index is 2.06. The van der Waals surface area contributed by atoms with Crippen molar-refractivity contribution in [3.8, 4) is 0 Å². The number of ether oxygens (including phenoxy) is 1. The third-order valence-electron chi connectivity index (χ3n) is 3.50. The molecule has 0 unspecified atom stereocenters. The molecule has 6 nitrogen and oxygen atoms in total. The van der Waals surface area contributed by atoms with Gasteiger partial charge in [-0.3, -0.25) is 9.48 Å². The molecule has 2 atom stereocenters. The molecule has 1 aliphatic heterocycles. The fourth-order valence-corrected chi connectivity index (χ4v) is 2.36. The van der Waals surface area contributed by atoms with Gasteiger partial charge in [0.25, 0.3) is 0 Å². The number of hydrogen-bond acceptors (Lipinski definition) is 4. The van der Waals surface area contributed by atoms with E-state index in [1.807, 2.05) is 13.1 Å². The summed E-state index contributed by atoms with van der Waals surface area (Å²) in [5.41, 5.74) is 0.841. The zero-order valence-electron chi connectivity index (χ0n) is 12.5. The van der Waals surface area contributed by atoms with Crippen LogP contribution in [0.1, 0.15) is 39.3 Å². The maximum absolute atomic E-state index is 12.2. The fourth-order valence-electron chi connectivity index (χ4n) is 2.36. The highest BCUT2D eigenvalue weighted by atomic mass is 16.5. The number of amides is 1. The number of nitrogens with zero attached hydrogens (tertiary/aromatic N) is 3. The lowest BCUT2D eigenvalue weighted by Crippen LogP contribution is -2.42. The Labute approximate surface area is 119 Å². The monoisotopic (exact) mass is 280 g/mol. The molecule has 2 rings (SSSR count). The first-order valence-electron chi connectivity index (χ1n) is 7.31. The molecule has 0 aromatic carbocycles. The van der Waals surface area contributed by atoms with Crippen molar-refractivity contribution in [3.05, 3.63) is 11.9 Å². The van der Waals surface area contributed by atoms with E-state index in [1.54, 1.807) is 4.68 Å². The molecule has 1 amide bonds. The van der Waals surface area contributed by atoms with E-state index in [0.29, 0.717) is 25.7 Å². The number of aromatic nitrogens is 3. The van der Waals surface area contributed by atoms with Gasteiger partial charge in [-0.1, -0.05) is 26.0 Å². The van der Waals surface area contributed by atoms with Gasteiger partial charge in [0.1, 0.15) is 5.69 Å². The summed E-state index contributed by atoms with van der Waals surface area (Å²) in [6.07, 6.45) is 3.58. The minimum atomic E-state index is -0.0308. The zero-order valence-corrected chi connectivity index (χ0v) is 12.5. The summed E-state index contributed by atoms with van der Waals surface area (Å²) < 4.78 is 7.44. The lowest BCUT2D eigenvalue weighted by molar-refractivity contribution is -0.126. The van der Waals surface area contributed by atoms with E-state index in [9.17, 15) is 4.79 Å². The summed E-state index contributed by atoms with van der Waals surface area (Å²) in [4.78, 5) is 12.2. The number of aryl methyl sites for hydroxylation is 1. The maximum atomic E-state index is 12.2. The molecule has 1 aliphatic rings. The van der Waals surface area contributed by atoms with Gasteiger partial charge in [0.2, 0.25) is 5.91 Å². The highest BCUT2D eigenvalue weighted by Gasteiger charge is 2.20. The summed E-state index contributed by atoms with van der Waals surface area (Å²) in [5.74, 6) is 0.588. The summed E-state index contributed by atoms with van der Waals surface area (Å²) >= 11 is 0. The van der Waals surface area contributed by atoms with Gasteiger partial charge in [0.15, 0.2) is 0 Å². The van der Waals surface area contributed by atoms with Gasteiger partial charge in [-0.25, -0.2) is 0 Å². The molecule has 1 aromatic rings. The first kappa shape index (κ1) is 15.0. The van der Waals surface area contributed by atoms with Crippen LogP contribution in [-0.2, 0) is 22.7 Å². The van der Waals surface area contributed by atoms with Gasteiger partial charge in [0.05, 0.1) is 25.5 Å². The number of nitrogens with one attached hydrogen (secondary N) is 1. The second-order valence-corrected chi connectivity index (χ2v) is 6.01. The van der Waals surface area contributed by atoms with Gasteiger partial charge in [-0.15, -0.1) is 5.10 Å². The summed E-state index contributed by atoms with van der Waals surface area (Å²) in [6, 6.07) is 0.0689. The Bertz CT molecular complexity index is 444. The summed E-state index contributed by atoms with van der Waals surface area (Å²) in [5, 5.41) is 11.2.